The molecule has 2 N–H and O–H groups in total. The van der Waals surface area contributed by atoms with Crippen LogP contribution >= 0.6 is 0 Å². The predicted octanol–water partition coefficient (Wildman–Crippen LogP) is 2.35. The minimum absolute atomic E-state index is 0.0386. The maximum absolute atomic E-state index is 13.1. The number of benzene rings is 1. The molecule has 0 radical (unpaired) electrons. The van der Waals surface area contributed by atoms with Crippen LogP contribution < -0.4 is 15.5 Å². The van der Waals surface area contributed by atoms with Crippen molar-refractivity contribution in [3.63, 3.8) is 0 Å². The summed E-state index contributed by atoms with van der Waals surface area (Å²) >= 11 is 0. The highest BCUT2D eigenvalue weighted by Crippen LogP contribution is 2.33. The monoisotopic (exact) mass is 435 g/mol. The second-order valence-corrected chi connectivity index (χ2v) is 8.88. The number of carbonyl (C=O) groups excluding carboxylic acids is 3. The average Bonchev–Trinajstić information content (AvgIpc) is 3.08. The summed E-state index contributed by atoms with van der Waals surface area (Å²) in [6.07, 6.45) is 1.87. The number of hydrogen-bond acceptors (Lipinski definition) is 5. The topological polar surface area (TPSA) is 94.6 Å². The minimum Gasteiger partial charge on any atom is -0.353 e. The van der Waals surface area contributed by atoms with E-state index in [0.717, 1.165) is 30.0 Å². The summed E-state index contributed by atoms with van der Waals surface area (Å²) in [5, 5.41) is 5.09. The zero-order chi connectivity index (χ0) is 23.0. The zero-order valence-corrected chi connectivity index (χ0v) is 18.9. The van der Waals surface area contributed by atoms with Crippen molar-refractivity contribution < 1.29 is 14.4 Å². The first kappa shape index (κ1) is 21.8. The first-order valence-electron chi connectivity index (χ1n) is 10.9. The Morgan fingerprint density at radius 2 is 1.72 bits per heavy atom. The smallest absolute Gasteiger partial charge is 0.322 e. The Kier molecular flexibility index (Phi) is 5.62. The molecular weight excluding hydrogens is 406 g/mol. The fourth-order valence-electron chi connectivity index (χ4n) is 4.63. The number of aryl methyl sites for hydroxylation is 2. The van der Waals surface area contributed by atoms with Gasteiger partial charge in [0.1, 0.15) is 11.4 Å². The van der Waals surface area contributed by atoms with Crippen LogP contribution in [0.3, 0.4) is 0 Å². The van der Waals surface area contributed by atoms with Crippen LogP contribution in [-0.4, -0.2) is 53.9 Å². The van der Waals surface area contributed by atoms with Crippen LogP contribution in [0.25, 0.3) is 0 Å². The van der Waals surface area contributed by atoms with Gasteiger partial charge in [-0.05, 0) is 48.6 Å². The molecule has 0 bridgehead atoms. The number of anilines is 1. The van der Waals surface area contributed by atoms with Crippen molar-refractivity contribution in [1.29, 1.82) is 0 Å². The molecule has 32 heavy (non-hydrogen) atoms. The number of nitrogens with zero attached hydrogens (tertiary/aromatic N) is 3. The van der Waals surface area contributed by atoms with Crippen molar-refractivity contribution in [1.82, 2.24) is 20.5 Å². The molecule has 1 aromatic carbocycles. The Morgan fingerprint density at radius 3 is 2.25 bits per heavy atom. The highest BCUT2D eigenvalue weighted by atomic mass is 16.2. The molecule has 2 aromatic rings. The van der Waals surface area contributed by atoms with E-state index in [0.29, 0.717) is 24.2 Å². The van der Waals surface area contributed by atoms with Gasteiger partial charge in [0.2, 0.25) is 0 Å². The molecule has 2 fully saturated rings. The first-order chi connectivity index (χ1) is 15.2. The van der Waals surface area contributed by atoms with E-state index in [1.807, 2.05) is 31.9 Å². The largest absolute Gasteiger partial charge is 0.353 e. The molecule has 4 rings (SSSR count). The Balaban J connectivity index is 1.46. The van der Waals surface area contributed by atoms with Crippen molar-refractivity contribution in [2.75, 3.05) is 31.1 Å². The van der Waals surface area contributed by atoms with Crippen LogP contribution in [0.15, 0.2) is 36.5 Å². The van der Waals surface area contributed by atoms with Gasteiger partial charge >= 0.3 is 6.03 Å². The van der Waals surface area contributed by atoms with Crippen molar-refractivity contribution in [2.45, 2.75) is 33.2 Å². The molecule has 0 spiro atoms. The van der Waals surface area contributed by atoms with Gasteiger partial charge in [0.15, 0.2) is 0 Å². The maximum atomic E-state index is 13.1. The van der Waals surface area contributed by atoms with Gasteiger partial charge in [-0.3, -0.25) is 14.9 Å². The normalized spacial score (nSPS) is 21.0. The van der Waals surface area contributed by atoms with Crippen molar-refractivity contribution in [3.8, 4) is 0 Å². The van der Waals surface area contributed by atoms with Gasteiger partial charge in [-0.15, -0.1) is 0 Å². The molecule has 168 valence electrons. The fraction of sp³-hybridized carbons (Fsp3) is 0.417. The third kappa shape index (κ3) is 3.70. The van der Waals surface area contributed by atoms with E-state index < -0.39 is 11.6 Å². The van der Waals surface area contributed by atoms with Crippen molar-refractivity contribution >= 4 is 23.7 Å². The highest BCUT2D eigenvalue weighted by Gasteiger charge is 2.50. The minimum atomic E-state index is -1.12. The molecule has 4 amide bonds. The number of imide groups is 1. The van der Waals surface area contributed by atoms with Gasteiger partial charge in [-0.2, -0.15) is 0 Å². The maximum Gasteiger partial charge on any atom is 0.322 e. The zero-order valence-electron chi connectivity index (χ0n) is 18.9. The van der Waals surface area contributed by atoms with E-state index >= 15 is 0 Å². The van der Waals surface area contributed by atoms with Gasteiger partial charge in [-0.1, -0.05) is 32.0 Å². The lowest BCUT2D eigenvalue weighted by Crippen LogP contribution is -2.49. The molecule has 0 unspecified atom stereocenters. The quantitative estimate of drug-likeness (QED) is 0.719. The SMILES string of the molecule is Cc1cnc(N2CCN(C(=O)c3ccc([C@@]4(C(C)C)NC(=O)NC4=O)cc3)CC2)c(C)c1. The number of rotatable bonds is 4. The van der Waals surface area contributed by atoms with Crippen molar-refractivity contribution in [3.05, 3.63) is 58.8 Å². The van der Waals surface area contributed by atoms with Gasteiger partial charge in [0.25, 0.3) is 11.8 Å². The Hall–Kier alpha value is -3.42. The van der Waals surface area contributed by atoms with Gasteiger partial charge < -0.3 is 15.1 Å². The van der Waals surface area contributed by atoms with E-state index in [9.17, 15) is 14.4 Å². The number of carbonyl (C=O) groups is 3. The molecule has 2 aliphatic rings. The summed E-state index contributed by atoms with van der Waals surface area (Å²) in [6.45, 7) is 10.5. The number of aromatic nitrogens is 1. The lowest BCUT2D eigenvalue weighted by molar-refractivity contribution is -0.125. The van der Waals surface area contributed by atoms with Crippen LogP contribution in [0.1, 0.15) is 40.9 Å². The number of pyridine rings is 1. The van der Waals surface area contributed by atoms with Gasteiger partial charge in [0.05, 0.1) is 0 Å². The van der Waals surface area contributed by atoms with Crippen LogP contribution in [0, 0.1) is 19.8 Å². The molecule has 0 saturated carbocycles. The van der Waals surface area contributed by atoms with Crippen LogP contribution in [0.5, 0.6) is 0 Å². The predicted molar refractivity (Wildman–Crippen MR) is 121 cm³/mol. The molecular formula is C24H29N5O3. The van der Waals surface area contributed by atoms with E-state index in [1.165, 1.54) is 0 Å². The Morgan fingerprint density at radius 1 is 1.06 bits per heavy atom. The molecule has 8 nitrogen and oxygen atoms in total. The van der Waals surface area contributed by atoms with E-state index in [-0.39, 0.29) is 17.7 Å². The second-order valence-electron chi connectivity index (χ2n) is 8.88. The molecule has 8 heteroatoms. The van der Waals surface area contributed by atoms with E-state index in [2.05, 4.69) is 33.5 Å². The third-order valence-electron chi connectivity index (χ3n) is 6.40. The number of hydrogen-bond donors (Lipinski definition) is 2. The lowest BCUT2D eigenvalue weighted by atomic mass is 9.79. The molecule has 2 aliphatic heterocycles. The summed E-state index contributed by atoms with van der Waals surface area (Å²) in [5.41, 5.74) is 2.39. The number of piperazine rings is 1. The molecule has 2 saturated heterocycles. The number of amides is 4. The van der Waals surface area contributed by atoms with Crippen LogP contribution in [0.4, 0.5) is 10.6 Å². The Bertz CT molecular complexity index is 1060. The van der Waals surface area contributed by atoms with Crippen LogP contribution in [0.2, 0.25) is 0 Å². The number of urea groups is 1. The highest BCUT2D eigenvalue weighted by molar-refractivity contribution is 6.07. The molecule has 3 heterocycles. The van der Waals surface area contributed by atoms with Crippen LogP contribution in [-0.2, 0) is 10.3 Å². The molecule has 1 atom stereocenters. The van der Waals surface area contributed by atoms with E-state index in [1.54, 1.807) is 24.3 Å². The summed E-state index contributed by atoms with van der Waals surface area (Å²) in [4.78, 5) is 46.0. The molecule has 0 aliphatic carbocycles. The van der Waals surface area contributed by atoms with Gasteiger partial charge in [0, 0.05) is 37.9 Å². The first-order valence-corrected chi connectivity index (χ1v) is 10.9. The standard InChI is InChI=1S/C24H29N5O3/c1-15(2)24(22(31)26-23(32)27-24)19-7-5-18(6-8-19)21(30)29-11-9-28(10-12-29)20-17(4)13-16(3)14-25-20/h5-8,13-15H,9-12H2,1-4H3,(H2,26,27,31,32)/t24-/m1/s1. The summed E-state index contributed by atoms with van der Waals surface area (Å²) < 4.78 is 0. The second kappa shape index (κ2) is 8.26. The Labute approximate surface area is 188 Å². The lowest BCUT2D eigenvalue weighted by Gasteiger charge is -2.36. The van der Waals surface area contributed by atoms with Crippen molar-refractivity contribution in [2.24, 2.45) is 5.92 Å². The summed E-state index contributed by atoms with van der Waals surface area (Å²) in [6, 6.07) is 8.61. The third-order valence-corrected chi connectivity index (χ3v) is 6.40. The number of nitrogens with one attached hydrogen (secondary N) is 2. The molecule has 1 aromatic heterocycles. The van der Waals surface area contributed by atoms with Gasteiger partial charge in [-0.25, -0.2) is 9.78 Å². The van der Waals surface area contributed by atoms with E-state index in [4.69, 9.17) is 0 Å². The average molecular weight is 436 g/mol. The summed E-state index contributed by atoms with van der Waals surface area (Å²) in [7, 11) is 0. The summed E-state index contributed by atoms with van der Waals surface area (Å²) in [5.74, 6) is 0.418. The fourth-order valence-corrected chi connectivity index (χ4v) is 4.63.